The third-order valence-electron chi connectivity index (χ3n) is 7.76. The van der Waals surface area contributed by atoms with Crippen molar-refractivity contribution in [2.24, 2.45) is 0 Å². The second-order valence-corrected chi connectivity index (χ2v) is 10.7. The van der Waals surface area contributed by atoms with Crippen LogP contribution < -0.4 is 5.32 Å². The lowest BCUT2D eigenvalue weighted by Gasteiger charge is -2.34. The molecular formula is C28H30F2N8O. The average Bonchev–Trinajstić information content (AvgIpc) is 3.47. The molecule has 0 aliphatic carbocycles. The van der Waals surface area contributed by atoms with Crippen LogP contribution in [0.15, 0.2) is 36.7 Å². The van der Waals surface area contributed by atoms with E-state index in [9.17, 15) is 9.18 Å². The van der Waals surface area contributed by atoms with Crippen molar-refractivity contribution in [2.75, 3.05) is 38.0 Å². The average molecular weight is 533 g/mol. The van der Waals surface area contributed by atoms with Gasteiger partial charge in [0.15, 0.2) is 11.6 Å². The van der Waals surface area contributed by atoms with Gasteiger partial charge in [0.1, 0.15) is 17.0 Å². The number of hydrogen-bond acceptors (Lipinski definition) is 7. The van der Waals surface area contributed by atoms with Crippen molar-refractivity contribution >= 4 is 28.6 Å². The Morgan fingerprint density at radius 1 is 1.03 bits per heavy atom. The second kappa shape index (κ2) is 9.64. The Morgan fingerprint density at radius 2 is 1.82 bits per heavy atom. The molecule has 1 fully saturated rings. The highest BCUT2D eigenvalue weighted by Crippen LogP contribution is 2.40. The summed E-state index contributed by atoms with van der Waals surface area (Å²) >= 11 is 0. The highest BCUT2D eigenvalue weighted by Gasteiger charge is 2.34. The first-order chi connectivity index (χ1) is 18.7. The number of piperazine rings is 1. The Bertz CT molecular complexity index is 1560. The number of carbonyl (C=O) groups is 1. The third kappa shape index (κ3) is 4.60. The minimum absolute atomic E-state index is 0.0259. The molecule has 3 aromatic heterocycles. The summed E-state index contributed by atoms with van der Waals surface area (Å²) in [5, 5.41) is 8.07. The second-order valence-electron chi connectivity index (χ2n) is 10.7. The number of halogens is 2. The smallest absolute Gasteiger partial charge is 0.255 e. The molecule has 6 rings (SSSR count). The van der Waals surface area contributed by atoms with Gasteiger partial charge in [0, 0.05) is 55.3 Å². The molecule has 0 atom stereocenters. The van der Waals surface area contributed by atoms with E-state index in [0.717, 1.165) is 37.9 Å². The fourth-order valence-corrected chi connectivity index (χ4v) is 5.50. The molecule has 11 heteroatoms. The van der Waals surface area contributed by atoms with Crippen LogP contribution in [0, 0.1) is 11.6 Å². The molecule has 4 aromatic rings. The topological polar surface area (TPSA) is 92.1 Å². The molecule has 202 valence electrons. The lowest BCUT2D eigenvalue weighted by Crippen LogP contribution is -2.48. The zero-order valence-corrected chi connectivity index (χ0v) is 22.2. The van der Waals surface area contributed by atoms with Crippen LogP contribution in [0.4, 0.5) is 20.5 Å². The minimum Gasteiger partial charge on any atom is -0.336 e. The highest BCUT2D eigenvalue weighted by molar-refractivity contribution is 5.94. The lowest BCUT2D eigenvalue weighted by atomic mass is 9.86. The number of aryl methyl sites for hydroxylation is 1. The van der Waals surface area contributed by atoms with E-state index in [-0.39, 0.29) is 28.5 Å². The van der Waals surface area contributed by atoms with Crippen molar-refractivity contribution in [1.29, 1.82) is 0 Å². The van der Waals surface area contributed by atoms with Crippen molar-refractivity contribution < 1.29 is 13.6 Å². The Morgan fingerprint density at radius 3 is 2.54 bits per heavy atom. The zero-order chi connectivity index (χ0) is 27.3. The molecule has 1 aromatic carbocycles. The highest BCUT2D eigenvalue weighted by atomic mass is 19.1. The predicted octanol–water partition coefficient (Wildman–Crippen LogP) is 4.37. The molecule has 0 bridgehead atoms. The Kier molecular flexibility index (Phi) is 6.25. The van der Waals surface area contributed by atoms with E-state index in [2.05, 4.69) is 51.0 Å². The van der Waals surface area contributed by atoms with Gasteiger partial charge in [0.2, 0.25) is 5.95 Å². The molecule has 2 aliphatic rings. The summed E-state index contributed by atoms with van der Waals surface area (Å²) in [7, 11) is 0. The molecular weight excluding hydrogens is 502 g/mol. The summed E-state index contributed by atoms with van der Waals surface area (Å²) in [4.78, 5) is 29.7. The largest absolute Gasteiger partial charge is 0.336 e. The number of pyridine rings is 1. The van der Waals surface area contributed by atoms with E-state index in [4.69, 9.17) is 0 Å². The van der Waals surface area contributed by atoms with Gasteiger partial charge >= 0.3 is 0 Å². The first kappa shape index (κ1) is 25.3. The van der Waals surface area contributed by atoms with E-state index >= 15 is 4.39 Å². The number of nitrogens with zero attached hydrogens (tertiary/aromatic N) is 7. The van der Waals surface area contributed by atoms with Gasteiger partial charge in [-0.3, -0.25) is 9.48 Å². The summed E-state index contributed by atoms with van der Waals surface area (Å²) in [6.45, 7) is 11.1. The maximum atomic E-state index is 15.1. The molecule has 0 unspecified atom stereocenters. The molecule has 39 heavy (non-hydrogen) atoms. The molecule has 0 radical (unpaired) electrons. The predicted molar refractivity (Wildman–Crippen MR) is 144 cm³/mol. The van der Waals surface area contributed by atoms with Gasteiger partial charge in [-0.15, -0.1) is 0 Å². The summed E-state index contributed by atoms with van der Waals surface area (Å²) in [5.41, 5.74) is 1.82. The number of benzene rings is 1. The van der Waals surface area contributed by atoms with Crippen LogP contribution in [0.25, 0.3) is 22.2 Å². The number of amides is 1. The number of fused-ring (bicyclic) bond motifs is 3. The number of aromatic nitrogens is 5. The van der Waals surface area contributed by atoms with Crippen LogP contribution in [-0.4, -0.2) is 73.2 Å². The van der Waals surface area contributed by atoms with Gasteiger partial charge in [-0.05, 0) is 37.2 Å². The molecule has 5 heterocycles. The lowest BCUT2D eigenvalue weighted by molar-refractivity contribution is 0.0643. The minimum atomic E-state index is -0.667. The van der Waals surface area contributed by atoms with Crippen molar-refractivity contribution in [3.05, 3.63) is 59.6 Å². The van der Waals surface area contributed by atoms with Gasteiger partial charge in [0.25, 0.3) is 5.91 Å². The van der Waals surface area contributed by atoms with Gasteiger partial charge < -0.3 is 15.1 Å². The standard InChI is InChI=1S/C28H30F2N8O/c1-4-36-9-11-37(12-10-36)26(39)17-5-6-22(31-15-17)33-27-32-16-21(30)23(34-27)18-13-19-24(20(29)14-18)35-38-8-7-28(2,3)25(19)38/h5-6,13-16H,4,7-12H2,1-3H3,(H,31,32,33,34). The summed E-state index contributed by atoms with van der Waals surface area (Å²) < 4.78 is 31.8. The normalized spacial score (nSPS) is 17.0. The van der Waals surface area contributed by atoms with Gasteiger partial charge in [0.05, 0.1) is 17.5 Å². The van der Waals surface area contributed by atoms with E-state index in [1.54, 1.807) is 18.2 Å². The van der Waals surface area contributed by atoms with Gasteiger partial charge in [-0.25, -0.2) is 23.7 Å². The van der Waals surface area contributed by atoms with Crippen molar-refractivity contribution in [1.82, 2.24) is 34.5 Å². The van der Waals surface area contributed by atoms with Crippen molar-refractivity contribution in [2.45, 2.75) is 39.2 Å². The number of nitrogens with one attached hydrogen (secondary N) is 1. The van der Waals surface area contributed by atoms with E-state index < -0.39 is 11.6 Å². The van der Waals surface area contributed by atoms with Gasteiger partial charge in [-0.2, -0.15) is 5.10 Å². The molecule has 1 N–H and O–H groups in total. The molecule has 2 aliphatic heterocycles. The Labute approximate surface area is 224 Å². The first-order valence-corrected chi connectivity index (χ1v) is 13.2. The number of anilines is 2. The SMILES string of the molecule is CCN1CCN(C(=O)c2ccc(Nc3ncc(F)c(-c4cc(F)c5nn6c(c5c4)C(C)(C)CC6)n3)nc2)CC1. The van der Waals surface area contributed by atoms with Crippen LogP contribution in [0.1, 0.15) is 43.2 Å². The number of hydrogen-bond donors (Lipinski definition) is 1. The molecule has 9 nitrogen and oxygen atoms in total. The zero-order valence-electron chi connectivity index (χ0n) is 22.2. The third-order valence-corrected chi connectivity index (χ3v) is 7.76. The summed E-state index contributed by atoms with van der Waals surface area (Å²) in [6.07, 6.45) is 3.46. The molecule has 1 amide bonds. The number of rotatable bonds is 5. The van der Waals surface area contributed by atoms with Gasteiger partial charge in [-0.1, -0.05) is 20.8 Å². The van der Waals surface area contributed by atoms with Crippen LogP contribution in [0.3, 0.4) is 0 Å². The maximum Gasteiger partial charge on any atom is 0.255 e. The number of carbonyl (C=O) groups excluding carboxylic acids is 1. The summed E-state index contributed by atoms with van der Waals surface area (Å²) in [6, 6.07) is 6.36. The van der Waals surface area contributed by atoms with Crippen LogP contribution in [-0.2, 0) is 12.0 Å². The van der Waals surface area contributed by atoms with Crippen LogP contribution >= 0.6 is 0 Å². The monoisotopic (exact) mass is 532 g/mol. The summed E-state index contributed by atoms with van der Waals surface area (Å²) in [5.74, 6) is -0.741. The maximum absolute atomic E-state index is 15.1. The van der Waals surface area contributed by atoms with E-state index in [1.165, 1.54) is 12.3 Å². The first-order valence-electron chi connectivity index (χ1n) is 13.2. The molecule has 0 saturated carbocycles. The van der Waals surface area contributed by atoms with E-state index in [1.807, 2.05) is 9.58 Å². The molecule has 1 saturated heterocycles. The Balaban J connectivity index is 1.24. The number of likely N-dealkylation sites (N-methyl/N-ethyl adjacent to an activating group) is 1. The van der Waals surface area contributed by atoms with Crippen LogP contribution in [0.5, 0.6) is 0 Å². The van der Waals surface area contributed by atoms with Crippen molar-refractivity contribution in [3.63, 3.8) is 0 Å². The molecule has 0 spiro atoms. The van der Waals surface area contributed by atoms with Crippen molar-refractivity contribution in [3.8, 4) is 11.3 Å². The van der Waals surface area contributed by atoms with Crippen LogP contribution in [0.2, 0.25) is 0 Å². The fraction of sp³-hybridized carbons (Fsp3) is 0.393. The quantitative estimate of drug-likeness (QED) is 0.408. The Hall–Kier alpha value is -3.99. The van der Waals surface area contributed by atoms with E-state index in [0.29, 0.717) is 42.0 Å². The fourth-order valence-electron chi connectivity index (χ4n) is 5.50.